The number of likely N-dealkylation sites (tertiary alicyclic amines) is 1. The van der Waals surface area contributed by atoms with Crippen molar-refractivity contribution < 1.29 is 9.90 Å². The fourth-order valence-electron chi connectivity index (χ4n) is 3.55. The zero-order valence-electron chi connectivity index (χ0n) is 12.4. The summed E-state index contributed by atoms with van der Waals surface area (Å²) in [5.41, 5.74) is -0.0234. The van der Waals surface area contributed by atoms with Gasteiger partial charge in [-0.3, -0.25) is 4.79 Å². The normalized spacial score (nSPS) is 31.0. The number of halogens is 1. The second-order valence-corrected chi connectivity index (χ2v) is 7.05. The number of carbonyl (C=O) groups is 1. The van der Waals surface area contributed by atoms with Crippen LogP contribution in [0.25, 0.3) is 0 Å². The molecule has 1 N–H and O–H groups in total. The van der Waals surface area contributed by atoms with Gasteiger partial charge in [0.25, 0.3) is 0 Å². The molecule has 112 valence electrons. The lowest BCUT2D eigenvalue weighted by Crippen LogP contribution is -2.36. The molecule has 0 spiro atoms. The van der Waals surface area contributed by atoms with Crippen molar-refractivity contribution in [3.63, 3.8) is 0 Å². The van der Waals surface area contributed by atoms with Crippen molar-refractivity contribution in [1.82, 2.24) is 4.90 Å². The van der Waals surface area contributed by atoms with Gasteiger partial charge in [-0.1, -0.05) is 33.6 Å². The van der Waals surface area contributed by atoms with Gasteiger partial charge in [0.15, 0.2) is 0 Å². The molecule has 1 saturated carbocycles. The summed E-state index contributed by atoms with van der Waals surface area (Å²) in [5, 5.41) is 9.54. The minimum atomic E-state index is -0.553. The Bertz CT molecular complexity index is 332. The largest absolute Gasteiger partial charge is 0.481 e. The van der Waals surface area contributed by atoms with Crippen molar-refractivity contribution in [2.75, 3.05) is 19.6 Å². The zero-order chi connectivity index (χ0) is 13.4. The molecular formula is C15H28ClNO2. The second-order valence-electron chi connectivity index (χ2n) is 7.05. The van der Waals surface area contributed by atoms with Crippen LogP contribution in [0.3, 0.4) is 0 Å². The summed E-state index contributed by atoms with van der Waals surface area (Å²) in [4.78, 5) is 14.0. The molecular weight excluding hydrogens is 262 g/mol. The molecule has 0 radical (unpaired) electrons. The standard InChI is InChI=1S/C15H27NO2.ClH/c1-4-14(2,3)8-9-16-10-12-6-5-7-15(12,11-16)13(17)18;/h12H,4-11H2,1-3H3,(H,17,18);1H/t12-,15+;/m0./s1. The number of carboxylic acid groups (broad SMARTS) is 1. The van der Waals surface area contributed by atoms with Gasteiger partial charge in [-0.25, -0.2) is 0 Å². The Kier molecular flexibility index (Phi) is 5.30. The van der Waals surface area contributed by atoms with Crippen LogP contribution in [0.15, 0.2) is 0 Å². The Labute approximate surface area is 123 Å². The minimum absolute atomic E-state index is 0. The average molecular weight is 290 g/mol. The average Bonchev–Trinajstić information content (AvgIpc) is 2.83. The number of rotatable bonds is 5. The van der Waals surface area contributed by atoms with E-state index in [1.165, 1.54) is 12.8 Å². The van der Waals surface area contributed by atoms with Gasteiger partial charge < -0.3 is 10.0 Å². The van der Waals surface area contributed by atoms with E-state index >= 15 is 0 Å². The van der Waals surface area contributed by atoms with Gasteiger partial charge in [-0.2, -0.15) is 0 Å². The van der Waals surface area contributed by atoms with Crippen LogP contribution in [-0.4, -0.2) is 35.6 Å². The summed E-state index contributed by atoms with van der Waals surface area (Å²) >= 11 is 0. The molecule has 2 aliphatic rings. The number of hydrogen-bond acceptors (Lipinski definition) is 2. The van der Waals surface area contributed by atoms with Crippen molar-refractivity contribution >= 4 is 18.4 Å². The second kappa shape index (κ2) is 6.01. The lowest BCUT2D eigenvalue weighted by molar-refractivity contribution is -0.149. The predicted octanol–water partition coefficient (Wildman–Crippen LogP) is 3.42. The molecule has 1 aliphatic carbocycles. The fourth-order valence-corrected chi connectivity index (χ4v) is 3.55. The number of hydrogen-bond donors (Lipinski definition) is 1. The van der Waals surface area contributed by atoms with Crippen molar-refractivity contribution in [3.05, 3.63) is 0 Å². The molecule has 0 aromatic rings. The number of nitrogens with zero attached hydrogens (tertiary/aromatic N) is 1. The highest BCUT2D eigenvalue weighted by Gasteiger charge is 2.54. The van der Waals surface area contributed by atoms with Crippen LogP contribution >= 0.6 is 12.4 Å². The van der Waals surface area contributed by atoms with Crippen molar-refractivity contribution in [3.8, 4) is 0 Å². The lowest BCUT2D eigenvalue weighted by Gasteiger charge is -2.27. The van der Waals surface area contributed by atoms with Gasteiger partial charge in [-0.15, -0.1) is 12.4 Å². The molecule has 0 aromatic carbocycles. The predicted molar refractivity (Wildman–Crippen MR) is 79.8 cm³/mol. The Morgan fingerprint density at radius 3 is 2.68 bits per heavy atom. The van der Waals surface area contributed by atoms with Crippen molar-refractivity contribution in [2.45, 2.75) is 52.9 Å². The Morgan fingerprint density at radius 2 is 2.16 bits per heavy atom. The maximum atomic E-state index is 11.6. The first-order valence-corrected chi connectivity index (χ1v) is 7.35. The van der Waals surface area contributed by atoms with Gasteiger partial charge in [0.2, 0.25) is 0 Å². The summed E-state index contributed by atoms with van der Waals surface area (Å²) in [7, 11) is 0. The van der Waals surface area contributed by atoms with E-state index < -0.39 is 11.4 Å². The molecule has 2 rings (SSSR count). The molecule has 0 amide bonds. The van der Waals surface area contributed by atoms with Crippen LogP contribution in [0, 0.1) is 16.7 Å². The first-order chi connectivity index (χ1) is 8.39. The maximum absolute atomic E-state index is 11.6. The summed E-state index contributed by atoms with van der Waals surface area (Å²) in [6.07, 6.45) is 5.46. The van der Waals surface area contributed by atoms with Crippen LogP contribution in [0.2, 0.25) is 0 Å². The van der Waals surface area contributed by atoms with Crippen LogP contribution in [0.5, 0.6) is 0 Å². The van der Waals surface area contributed by atoms with E-state index in [1.54, 1.807) is 0 Å². The van der Waals surface area contributed by atoms with E-state index in [0.717, 1.165) is 38.9 Å². The highest BCUT2D eigenvalue weighted by atomic mass is 35.5. The van der Waals surface area contributed by atoms with Crippen molar-refractivity contribution in [2.24, 2.45) is 16.7 Å². The molecule has 0 unspecified atom stereocenters. The van der Waals surface area contributed by atoms with Crippen LogP contribution in [-0.2, 0) is 4.79 Å². The molecule has 3 nitrogen and oxygen atoms in total. The highest BCUT2D eigenvalue weighted by molar-refractivity contribution is 5.85. The van der Waals surface area contributed by atoms with Gasteiger partial charge >= 0.3 is 5.97 Å². The maximum Gasteiger partial charge on any atom is 0.311 e. The Balaban J connectivity index is 0.00000180. The zero-order valence-corrected chi connectivity index (χ0v) is 13.3. The Morgan fingerprint density at radius 1 is 1.47 bits per heavy atom. The number of fused-ring (bicyclic) bond motifs is 1. The van der Waals surface area contributed by atoms with E-state index in [1.807, 2.05) is 0 Å². The van der Waals surface area contributed by atoms with E-state index in [0.29, 0.717) is 11.3 Å². The third-order valence-electron chi connectivity index (χ3n) is 5.43. The molecule has 2 fully saturated rings. The van der Waals surface area contributed by atoms with Gasteiger partial charge in [0.05, 0.1) is 5.41 Å². The van der Waals surface area contributed by atoms with E-state index in [9.17, 15) is 9.90 Å². The molecule has 2 atom stereocenters. The van der Waals surface area contributed by atoms with Crippen LogP contribution in [0.1, 0.15) is 52.9 Å². The molecule has 0 bridgehead atoms. The molecule has 0 aromatic heterocycles. The minimum Gasteiger partial charge on any atom is -0.481 e. The highest BCUT2D eigenvalue weighted by Crippen LogP contribution is 2.49. The summed E-state index contributed by atoms with van der Waals surface area (Å²) in [6.45, 7) is 9.69. The third-order valence-corrected chi connectivity index (χ3v) is 5.43. The third kappa shape index (κ3) is 3.25. The van der Waals surface area contributed by atoms with Gasteiger partial charge in [0.1, 0.15) is 0 Å². The molecule has 1 heterocycles. The summed E-state index contributed by atoms with van der Waals surface area (Å²) < 4.78 is 0. The van der Waals surface area contributed by atoms with E-state index in [2.05, 4.69) is 25.7 Å². The monoisotopic (exact) mass is 289 g/mol. The van der Waals surface area contributed by atoms with Gasteiger partial charge in [0, 0.05) is 13.1 Å². The first-order valence-electron chi connectivity index (χ1n) is 7.35. The molecule has 19 heavy (non-hydrogen) atoms. The fraction of sp³-hybridized carbons (Fsp3) is 0.933. The van der Waals surface area contributed by atoms with E-state index in [-0.39, 0.29) is 12.4 Å². The topological polar surface area (TPSA) is 40.5 Å². The van der Waals surface area contributed by atoms with Crippen LogP contribution in [0.4, 0.5) is 0 Å². The lowest BCUT2D eigenvalue weighted by atomic mass is 9.81. The molecule has 1 aliphatic heterocycles. The first kappa shape index (κ1) is 16.8. The van der Waals surface area contributed by atoms with Gasteiger partial charge in [-0.05, 0) is 37.1 Å². The summed E-state index contributed by atoms with van der Waals surface area (Å²) in [5.74, 6) is -0.151. The summed E-state index contributed by atoms with van der Waals surface area (Å²) in [6, 6.07) is 0. The number of aliphatic carboxylic acids is 1. The van der Waals surface area contributed by atoms with E-state index in [4.69, 9.17) is 0 Å². The molecule has 4 heteroatoms. The van der Waals surface area contributed by atoms with Crippen LogP contribution < -0.4 is 0 Å². The Hall–Kier alpha value is -0.280. The quantitative estimate of drug-likeness (QED) is 0.843. The SMILES string of the molecule is CCC(C)(C)CCN1C[C@@H]2CCC[C@@]2(C(=O)O)C1.Cl. The number of carboxylic acids is 1. The van der Waals surface area contributed by atoms with Crippen molar-refractivity contribution in [1.29, 1.82) is 0 Å². The smallest absolute Gasteiger partial charge is 0.311 e. The molecule has 1 saturated heterocycles.